The number of hydrogen-bond acceptors (Lipinski definition) is 6. The molecule has 1 saturated carbocycles. The monoisotopic (exact) mass is 359 g/mol. The van der Waals surface area contributed by atoms with Gasteiger partial charge in [0.1, 0.15) is 18.0 Å². The van der Waals surface area contributed by atoms with Crippen LogP contribution in [-0.2, 0) is 4.74 Å². The number of anilines is 2. The Morgan fingerprint density at radius 2 is 1.62 bits per heavy atom. The predicted molar refractivity (Wildman–Crippen MR) is 105 cm³/mol. The number of piperidine rings is 1. The SMILES string of the molecule is CO[C@@H]1C[C@H]2CN(c3cc(N4CCCCC4)ncn3)C[C@H]2C[C@H]1N(C)C. The van der Waals surface area contributed by atoms with Gasteiger partial charge in [-0.1, -0.05) is 0 Å². The minimum Gasteiger partial charge on any atom is -0.380 e. The van der Waals surface area contributed by atoms with E-state index in [1.54, 1.807) is 6.33 Å². The number of aromatic nitrogens is 2. The zero-order valence-electron chi connectivity index (χ0n) is 16.5. The number of methoxy groups -OCH3 is 1. The highest BCUT2D eigenvalue weighted by Gasteiger charge is 2.43. The fourth-order valence-electron chi connectivity index (χ4n) is 5.18. The zero-order chi connectivity index (χ0) is 18.1. The quantitative estimate of drug-likeness (QED) is 0.822. The molecule has 3 heterocycles. The van der Waals surface area contributed by atoms with Crippen molar-refractivity contribution in [3.63, 3.8) is 0 Å². The van der Waals surface area contributed by atoms with Crippen LogP contribution in [0.4, 0.5) is 11.6 Å². The van der Waals surface area contributed by atoms with Gasteiger partial charge in [-0.15, -0.1) is 0 Å². The number of nitrogens with zero attached hydrogens (tertiary/aromatic N) is 5. The van der Waals surface area contributed by atoms with Crippen molar-refractivity contribution in [2.75, 3.05) is 57.2 Å². The molecule has 3 fully saturated rings. The molecule has 3 aliphatic rings. The van der Waals surface area contributed by atoms with Crippen molar-refractivity contribution in [3.8, 4) is 0 Å². The van der Waals surface area contributed by atoms with Crippen LogP contribution in [0.1, 0.15) is 32.1 Å². The van der Waals surface area contributed by atoms with Gasteiger partial charge in [0.25, 0.3) is 0 Å². The minimum absolute atomic E-state index is 0.348. The van der Waals surface area contributed by atoms with E-state index in [1.807, 2.05) is 7.11 Å². The van der Waals surface area contributed by atoms with Crippen molar-refractivity contribution in [2.45, 2.75) is 44.2 Å². The van der Waals surface area contributed by atoms with E-state index in [2.05, 4.69) is 44.8 Å². The Hall–Kier alpha value is -1.40. The van der Waals surface area contributed by atoms with Crippen molar-refractivity contribution in [1.82, 2.24) is 14.9 Å². The van der Waals surface area contributed by atoms with Gasteiger partial charge in [0.2, 0.25) is 0 Å². The molecule has 0 radical (unpaired) electrons. The molecule has 144 valence electrons. The van der Waals surface area contributed by atoms with E-state index in [0.29, 0.717) is 18.1 Å². The van der Waals surface area contributed by atoms with Gasteiger partial charge in [-0.05, 0) is 58.0 Å². The zero-order valence-corrected chi connectivity index (χ0v) is 16.5. The third-order valence-corrected chi connectivity index (χ3v) is 6.69. The highest BCUT2D eigenvalue weighted by molar-refractivity contribution is 5.51. The van der Waals surface area contributed by atoms with E-state index in [9.17, 15) is 0 Å². The van der Waals surface area contributed by atoms with Crippen molar-refractivity contribution in [2.24, 2.45) is 11.8 Å². The Labute approximate surface area is 157 Å². The van der Waals surface area contributed by atoms with Crippen LogP contribution in [0.2, 0.25) is 0 Å². The molecule has 0 aromatic carbocycles. The highest BCUT2D eigenvalue weighted by atomic mass is 16.5. The first-order valence-corrected chi connectivity index (χ1v) is 10.2. The molecule has 4 atom stereocenters. The molecular formula is C20H33N5O. The number of hydrogen-bond donors (Lipinski definition) is 0. The Balaban J connectivity index is 1.47. The second-order valence-electron chi connectivity index (χ2n) is 8.48. The topological polar surface area (TPSA) is 44.7 Å². The third-order valence-electron chi connectivity index (χ3n) is 6.69. The molecule has 0 amide bonds. The number of likely N-dealkylation sites (N-methyl/N-ethyl adjacent to an activating group) is 1. The Morgan fingerprint density at radius 1 is 0.962 bits per heavy atom. The summed E-state index contributed by atoms with van der Waals surface area (Å²) in [6, 6.07) is 2.73. The molecule has 6 heteroatoms. The molecule has 1 aromatic rings. The molecule has 1 aliphatic carbocycles. The van der Waals surface area contributed by atoms with Crippen LogP contribution in [0.25, 0.3) is 0 Å². The van der Waals surface area contributed by atoms with Crippen molar-refractivity contribution in [1.29, 1.82) is 0 Å². The van der Waals surface area contributed by atoms with Gasteiger partial charge in [0, 0.05) is 45.4 Å². The standard InChI is InChI=1S/C20H33N5O/c1-23(2)17-9-15-12-25(13-16(15)10-18(17)26-3)20-11-19(21-14-22-20)24-7-5-4-6-8-24/h11,14-18H,4-10,12-13H2,1-3H3/t15-,16+,17-,18-/m1/s1. The first-order chi connectivity index (χ1) is 12.7. The maximum Gasteiger partial charge on any atom is 0.134 e. The third kappa shape index (κ3) is 3.54. The lowest BCUT2D eigenvalue weighted by Gasteiger charge is -2.40. The summed E-state index contributed by atoms with van der Waals surface area (Å²) >= 11 is 0. The molecule has 0 unspecified atom stereocenters. The normalized spacial score (nSPS) is 32.2. The molecular weight excluding hydrogens is 326 g/mol. The van der Waals surface area contributed by atoms with Crippen LogP contribution in [0.15, 0.2) is 12.4 Å². The molecule has 0 spiro atoms. The summed E-state index contributed by atoms with van der Waals surface area (Å²) in [6.07, 6.45) is 8.37. The first kappa shape index (κ1) is 18.0. The summed E-state index contributed by atoms with van der Waals surface area (Å²) in [5, 5.41) is 0. The molecule has 2 saturated heterocycles. The van der Waals surface area contributed by atoms with E-state index < -0.39 is 0 Å². The van der Waals surface area contributed by atoms with Gasteiger partial charge in [-0.2, -0.15) is 0 Å². The van der Waals surface area contributed by atoms with E-state index in [0.717, 1.165) is 50.2 Å². The van der Waals surface area contributed by atoms with Crippen LogP contribution >= 0.6 is 0 Å². The largest absolute Gasteiger partial charge is 0.380 e. The second kappa shape index (κ2) is 7.69. The van der Waals surface area contributed by atoms with Gasteiger partial charge < -0.3 is 19.4 Å². The summed E-state index contributed by atoms with van der Waals surface area (Å²) < 4.78 is 5.82. The number of fused-ring (bicyclic) bond motifs is 1. The second-order valence-corrected chi connectivity index (χ2v) is 8.48. The summed E-state index contributed by atoms with van der Waals surface area (Å²) in [5.41, 5.74) is 0. The molecule has 1 aromatic heterocycles. The molecule has 26 heavy (non-hydrogen) atoms. The van der Waals surface area contributed by atoms with E-state index in [1.165, 1.54) is 25.7 Å². The van der Waals surface area contributed by atoms with Crippen molar-refractivity contribution < 1.29 is 4.74 Å². The lowest BCUT2D eigenvalue weighted by atomic mass is 9.77. The molecule has 4 rings (SSSR count). The van der Waals surface area contributed by atoms with E-state index in [4.69, 9.17) is 4.74 Å². The fourth-order valence-corrected chi connectivity index (χ4v) is 5.18. The van der Waals surface area contributed by atoms with Crippen LogP contribution in [0.3, 0.4) is 0 Å². The van der Waals surface area contributed by atoms with Gasteiger partial charge in [0.15, 0.2) is 0 Å². The minimum atomic E-state index is 0.348. The van der Waals surface area contributed by atoms with Crippen LogP contribution in [-0.4, -0.2) is 74.4 Å². The lowest BCUT2D eigenvalue weighted by molar-refractivity contribution is -0.0209. The van der Waals surface area contributed by atoms with Gasteiger partial charge in [-0.25, -0.2) is 9.97 Å². The summed E-state index contributed by atoms with van der Waals surface area (Å²) in [4.78, 5) is 16.4. The summed E-state index contributed by atoms with van der Waals surface area (Å²) in [6.45, 7) is 4.46. The summed E-state index contributed by atoms with van der Waals surface area (Å²) in [7, 11) is 6.22. The van der Waals surface area contributed by atoms with Gasteiger partial charge in [0.05, 0.1) is 6.10 Å². The van der Waals surface area contributed by atoms with Crippen molar-refractivity contribution in [3.05, 3.63) is 12.4 Å². The molecule has 2 aliphatic heterocycles. The molecule has 0 N–H and O–H groups in total. The Kier molecular flexibility index (Phi) is 5.32. The molecule has 6 nitrogen and oxygen atoms in total. The van der Waals surface area contributed by atoms with E-state index in [-0.39, 0.29) is 0 Å². The highest BCUT2D eigenvalue weighted by Crippen LogP contribution is 2.40. The van der Waals surface area contributed by atoms with Crippen LogP contribution in [0.5, 0.6) is 0 Å². The van der Waals surface area contributed by atoms with Gasteiger partial charge in [-0.3, -0.25) is 0 Å². The fraction of sp³-hybridized carbons (Fsp3) is 0.800. The number of rotatable bonds is 4. The Morgan fingerprint density at radius 3 is 2.27 bits per heavy atom. The number of ether oxygens (including phenoxy) is 1. The maximum atomic E-state index is 5.82. The lowest BCUT2D eigenvalue weighted by Crippen LogP contribution is -2.47. The summed E-state index contributed by atoms with van der Waals surface area (Å²) in [5.74, 6) is 3.66. The Bertz CT molecular complexity index is 604. The smallest absolute Gasteiger partial charge is 0.134 e. The average Bonchev–Trinajstić information content (AvgIpc) is 3.10. The predicted octanol–water partition coefficient (Wildman–Crippen LogP) is 2.26. The van der Waals surface area contributed by atoms with Crippen molar-refractivity contribution >= 4 is 11.6 Å². The van der Waals surface area contributed by atoms with Gasteiger partial charge >= 0.3 is 0 Å². The molecule has 0 bridgehead atoms. The van der Waals surface area contributed by atoms with Crippen LogP contribution < -0.4 is 9.80 Å². The van der Waals surface area contributed by atoms with Crippen LogP contribution in [0, 0.1) is 11.8 Å². The average molecular weight is 360 g/mol. The maximum absolute atomic E-state index is 5.82. The first-order valence-electron chi connectivity index (χ1n) is 10.2. The van der Waals surface area contributed by atoms with E-state index >= 15 is 0 Å².